The van der Waals surface area contributed by atoms with Gasteiger partial charge in [-0.3, -0.25) is 0 Å². The molecule has 0 aliphatic rings. The number of hydrogen-bond acceptors (Lipinski definition) is 15. The first kappa shape index (κ1) is 57.7. The van der Waals surface area contributed by atoms with Gasteiger partial charge < -0.3 is 74.9 Å². The summed E-state index contributed by atoms with van der Waals surface area (Å²) in [5.41, 5.74) is 5.21. The van der Waals surface area contributed by atoms with E-state index in [1.807, 2.05) is 52.1 Å². The predicted octanol–water partition coefficient (Wildman–Crippen LogP) is -2.35. The monoisotopic (exact) mass is 680 g/mol. The molecule has 0 radical (unpaired) electrons. The summed E-state index contributed by atoms with van der Waals surface area (Å²) >= 11 is 0. The molecule has 0 aliphatic carbocycles. The topological polar surface area (TPSA) is 174 Å². The summed E-state index contributed by atoms with van der Waals surface area (Å²) in [6, 6.07) is 0. The van der Waals surface area contributed by atoms with Crippen LogP contribution in [0.3, 0.4) is 0 Å². The van der Waals surface area contributed by atoms with Gasteiger partial charge in [-0.05, 0) is 70.5 Å². The van der Waals surface area contributed by atoms with Gasteiger partial charge in [0.1, 0.15) is 0 Å². The van der Waals surface area contributed by atoms with E-state index in [1.54, 1.807) is 0 Å². The first-order valence-electron chi connectivity index (χ1n) is 15.7. The molecule has 0 saturated carbocycles. The number of ether oxygens (including phenoxy) is 3. The van der Waals surface area contributed by atoms with Crippen LogP contribution in [0.4, 0.5) is 0 Å². The molecular weight excluding hydrogens is 598 g/mol. The van der Waals surface area contributed by atoms with Crippen LogP contribution in [0.25, 0.3) is 0 Å². The van der Waals surface area contributed by atoms with Gasteiger partial charge >= 0.3 is 0 Å². The van der Waals surface area contributed by atoms with Crippen LogP contribution in [-0.4, -0.2) is 257 Å². The molecule has 0 atom stereocenters. The molecule has 0 spiro atoms. The Morgan fingerprint density at radius 3 is 0.935 bits per heavy atom. The van der Waals surface area contributed by atoms with Crippen LogP contribution in [-0.2, 0) is 14.2 Å². The number of hydrogen-bond donors (Lipinski definition) is 6. The highest BCUT2D eigenvalue weighted by atomic mass is 16.5. The predicted molar refractivity (Wildman–Crippen MR) is 193 cm³/mol. The van der Waals surface area contributed by atoms with Crippen molar-refractivity contribution < 1.29 is 39.7 Å². The molecule has 0 saturated heterocycles. The zero-order valence-corrected chi connectivity index (χ0v) is 30.9. The van der Waals surface area contributed by atoms with E-state index in [4.69, 9.17) is 45.5 Å². The van der Waals surface area contributed by atoms with Crippen molar-refractivity contribution in [1.29, 1.82) is 0 Å². The fourth-order valence-corrected chi connectivity index (χ4v) is 2.37. The van der Waals surface area contributed by atoms with Gasteiger partial charge in [0, 0.05) is 58.9 Å². The summed E-state index contributed by atoms with van der Waals surface area (Å²) in [6.07, 6.45) is 0. The minimum absolute atomic E-state index is 0. The molecule has 0 aromatic carbocycles. The van der Waals surface area contributed by atoms with Gasteiger partial charge in [-0.25, -0.2) is 0 Å². The van der Waals surface area contributed by atoms with Crippen molar-refractivity contribution in [2.45, 2.75) is 7.43 Å². The van der Waals surface area contributed by atoms with Crippen LogP contribution < -0.4 is 5.73 Å². The molecule has 0 bridgehead atoms. The molecule has 15 nitrogen and oxygen atoms in total. The maximum absolute atomic E-state index is 8.45. The molecule has 15 heteroatoms. The second kappa shape index (κ2) is 51.2. The molecule has 0 aromatic heterocycles. The quantitative estimate of drug-likeness (QED) is 0.0598. The Balaban J connectivity index is -0.000000112. The molecule has 0 rings (SSSR count). The third-order valence-electron chi connectivity index (χ3n) is 5.16. The standard InChI is InChI=1S/C9H21NO4.C6H16N2O.C6H16N2.C5H13NO2.C4H11NO.CH4/c1-10(2-6-13-8-4-11)3-7-14-9-5-12;1-8(2)4-6-9-5-3-7;1-7(2)5-6-8(3)4;1-6(2-4-7)3-5-8;1-5(2)3-4-6;/h11-12H,2-9H2,1H3;3-7H2,1-2H3;5-6H2,1-4H3;7-8H,2-5H2,1H3;6H,3-4H2,1-2H3;1H4. The van der Waals surface area contributed by atoms with Crippen molar-refractivity contribution >= 4 is 0 Å². The van der Waals surface area contributed by atoms with Crippen molar-refractivity contribution in [3.05, 3.63) is 0 Å². The van der Waals surface area contributed by atoms with Gasteiger partial charge in [0.2, 0.25) is 0 Å². The van der Waals surface area contributed by atoms with E-state index in [1.165, 1.54) is 0 Å². The Morgan fingerprint density at radius 1 is 0.370 bits per heavy atom. The molecule has 0 aromatic rings. The summed E-state index contributed by atoms with van der Waals surface area (Å²) in [4.78, 5) is 12.3. The molecule has 288 valence electrons. The van der Waals surface area contributed by atoms with Crippen LogP contribution in [0.15, 0.2) is 0 Å². The van der Waals surface area contributed by atoms with Crippen molar-refractivity contribution in [1.82, 2.24) is 29.4 Å². The Kier molecular flexibility index (Phi) is 64.2. The number of aliphatic hydroxyl groups is 5. The molecule has 0 fully saturated rings. The van der Waals surface area contributed by atoms with Gasteiger partial charge in [0.25, 0.3) is 0 Å². The average Bonchev–Trinajstić information content (AvgIpc) is 2.96. The Bertz CT molecular complexity index is 462. The van der Waals surface area contributed by atoms with E-state index in [9.17, 15) is 0 Å². The molecule has 0 heterocycles. The van der Waals surface area contributed by atoms with Gasteiger partial charge in [-0.2, -0.15) is 0 Å². The first-order valence-corrected chi connectivity index (χ1v) is 15.7. The summed E-state index contributed by atoms with van der Waals surface area (Å²) in [6.45, 7) is 11.8. The third-order valence-corrected chi connectivity index (χ3v) is 5.16. The number of likely N-dealkylation sites (N-methyl/N-ethyl adjacent to an activating group) is 6. The molecule has 7 N–H and O–H groups in total. The summed E-state index contributed by atoms with van der Waals surface area (Å²) in [7, 11) is 20.1. The fourth-order valence-electron chi connectivity index (χ4n) is 2.37. The van der Waals surface area contributed by atoms with Crippen LogP contribution in [0.2, 0.25) is 0 Å². The van der Waals surface area contributed by atoms with Crippen molar-refractivity contribution in [2.24, 2.45) is 5.73 Å². The van der Waals surface area contributed by atoms with Crippen molar-refractivity contribution in [3.63, 3.8) is 0 Å². The van der Waals surface area contributed by atoms with E-state index in [2.05, 4.69) is 47.8 Å². The van der Waals surface area contributed by atoms with Gasteiger partial charge in [-0.15, -0.1) is 0 Å². The van der Waals surface area contributed by atoms with E-state index >= 15 is 0 Å². The largest absolute Gasteiger partial charge is 0.395 e. The number of nitrogens with two attached hydrogens (primary N) is 1. The average molecular weight is 680 g/mol. The van der Waals surface area contributed by atoms with Crippen LogP contribution >= 0.6 is 0 Å². The molecule has 46 heavy (non-hydrogen) atoms. The highest BCUT2D eigenvalue weighted by molar-refractivity contribution is 4.49. The minimum Gasteiger partial charge on any atom is -0.395 e. The molecule has 0 unspecified atom stereocenters. The normalized spacial score (nSPS) is 10.6. The van der Waals surface area contributed by atoms with E-state index in [0.717, 1.165) is 45.9 Å². The Labute approximate surface area is 284 Å². The van der Waals surface area contributed by atoms with Crippen LogP contribution in [0, 0.1) is 0 Å². The lowest BCUT2D eigenvalue weighted by atomic mass is 10.5. The van der Waals surface area contributed by atoms with Crippen LogP contribution in [0.1, 0.15) is 7.43 Å². The van der Waals surface area contributed by atoms with Crippen molar-refractivity contribution in [3.8, 4) is 0 Å². The lowest BCUT2D eigenvalue weighted by Gasteiger charge is -2.16. The Morgan fingerprint density at radius 2 is 0.674 bits per heavy atom. The number of aliphatic hydroxyl groups excluding tert-OH is 5. The maximum Gasteiger partial charge on any atom is 0.0698 e. The van der Waals surface area contributed by atoms with Gasteiger partial charge in [-0.1, -0.05) is 7.43 Å². The highest BCUT2D eigenvalue weighted by Gasteiger charge is 1.97. The highest BCUT2D eigenvalue weighted by Crippen LogP contribution is 1.85. The number of nitrogens with zero attached hydrogens (tertiary/aromatic N) is 6. The fraction of sp³-hybridized carbons (Fsp3) is 1.00. The zero-order chi connectivity index (χ0) is 35.7. The lowest BCUT2D eigenvalue weighted by molar-refractivity contribution is 0.0576. The second-order valence-electron chi connectivity index (χ2n) is 11.1. The number of rotatable bonds is 24. The van der Waals surface area contributed by atoms with Gasteiger partial charge in [0.15, 0.2) is 0 Å². The SMILES string of the molecule is C.CN(C)CCN(C)C.CN(C)CCO.CN(C)CCOCCN.CN(CCO)CCO.CN(CCOCCO)CCOCCO. The maximum atomic E-state index is 8.45. The van der Waals surface area contributed by atoms with E-state index in [0.29, 0.717) is 52.7 Å². The van der Waals surface area contributed by atoms with E-state index < -0.39 is 0 Å². The lowest BCUT2D eigenvalue weighted by Crippen LogP contribution is -2.27. The van der Waals surface area contributed by atoms with Crippen LogP contribution in [0.5, 0.6) is 0 Å². The summed E-state index contributed by atoms with van der Waals surface area (Å²) in [5, 5.41) is 41.8. The van der Waals surface area contributed by atoms with Crippen molar-refractivity contribution in [2.75, 3.05) is 202 Å². The van der Waals surface area contributed by atoms with Gasteiger partial charge in [0.05, 0.1) is 72.7 Å². The third kappa shape index (κ3) is 79.1. The second-order valence-corrected chi connectivity index (χ2v) is 11.1. The first-order chi connectivity index (χ1) is 21.3. The zero-order valence-electron chi connectivity index (χ0n) is 30.9. The smallest absolute Gasteiger partial charge is 0.0698 e. The minimum atomic E-state index is 0. The summed E-state index contributed by atoms with van der Waals surface area (Å²) < 4.78 is 15.3. The molecular formula is C31H81N7O8. The van der Waals surface area contributed by atoms with E-state index in [-0.39, 0.29) is 40.5 Å². The summed E-state index contributed by atoms with van der Waals surface area (Å²) in [5.74, 6) is 0. The molecule has 0 aliphatic heterocycles. The molecule has 0 amide bonds. The Hall–Kier alpha value is -0.600.